The minimum Gasteiger partial charge on any atom is -0.381 e. The standard InChI is InChI=1S/C21H31N5O2.2ClH/c22-17-5-4-16(13-26(14-17)19-7-11-28-12-8-19)21(27)23-9-6-18-15-25-10-2-1-3-20(25)24-18;;/h1-3,10,15-17,19H,4-9,11-14,22H2,(H,23,27);2*1H/t16-,17+;;/m1../s1. The summed E-state index contributed by atoms with van der Waals surface area (Å²) in [5.41, 5.74) is 8.23. The van der Waals surface area contributed by atoms with Gasteiger partial charge in [0.15, 0.2) is 0 Å². The molecule has 0 aromatic carbocycles. The predicted molar refractivity (Wildman–Crippen MR) is 123 cm³/mol. The van der Waals surface area contributed by atoms with Gasteiger partial charge in [0.2, 0.25) is 5.91 Å². The number of nitrogens with two attached hydrogens (primary N) is 1. The number of carbonyl (C=O) groups excluding carboxylic acids is 1. The molecular weight excluding hydrogens is 425 g/mol. The molecule has 2 saturated heterocycles. The lowest BCUT2D eigenvalue weighted by atomic mass is 10.0. The smallest absolute Gasteiger partial charge is 0.224 e. The molecule has 1 amide bonds. The van der Waals surface area contributed by atoms with Gasteiger partial charge in [-0.05, 0) is 37.8 Å². The van der Waals surface area contributed by atoms with Crippen molar-refractivity contribution < 1.29 is 9.53 Å². The number of likely N-dealkylation sites (tertiary alicyclic amines) is 1. The first-order valence-electron chi connectivity index (χ1n) is 10.5. The number of nitrogens with one attached hydrogen (secondary N) is 1. The highest BCUT2D eigenvalue weighted by atomic mass is 35.5. The maximum Gasteiger partial charge on any atom is 0.224 e. The summed E-state index contributed by atoms with van der Waals surface area (Å²) in [6, 6.07) is 6.60. The first-order valence-corrected chi connectivity index (χ1v) is 10.5. The zero-order chi connectivity index (χ0) is 19.3. The molecule has 0 unspecified atom stereocenters. The molecule has 2 aromatic heterocycles. The van der Waals surface area contributed by atoms with E-state index in [-0.39, 0.29) is 42.7 Å². The van der Waals surface area contributed by atoms with Crippen molar-refractivity contribution in [2.45, 2.75) is 44.2 Å². The maximum atomic E-state index is 12.8. The van der Waals surface area contributed by atoms with Crippen LogP contribution in [-0.4, -0.2) is 65.1 Å². The Balaban J connectivity index is 0.00000160. The molecule has 30 heavy (non-hydrogen) atoms. The number of carbonyl (C=O) groups is 1. The summed E-state index contributed by atoms with van der Waals surface area (Å²) in [7, 11) is 0. The first kappa shape index (κ1) is 24.9. The molecule has 2 aliphatic heterocycles. The zero-order valence-electron chi connectivity index (χ0n) is 17.2. The van der Waals surface area contributed by atoms with Crippen molar-refractivity contribution in [3.63, 3.8) is 0 Å². The van der Waals surface area contributed by atoms with E-state index in [0.717, 1.165) is 69.7 Å². The van der Waals surface area contributed by atoms with Crippen LogP contribution in [0, 0.1) is 5.92 Å². The number of rotatable bonds is 5. The molecule has 2 atom stereocenters. The number of fused-ring (bicyclic) bond motifs is 1. The molecule has 2 aromatic rings. The second-order valence-electron chi connectivity index (χ2n) is 8.07. The van der Waals surface area contributed by atoms with Crippen LogP contribution in [0.15, 0.2) is 30.6 Å². The number of aromatic nitrogens is 2. The average molecular weight is 458 g/mol. The normalized spacial score (nSPS) is 23.2. The number of amides is 1. The topological polar surface area (TPSA) is 84.9 Å². The van der Waals surface area contributed by atoms with Crippen molar-refractivity contribution in [3.8, 4) is 0 Å². The summed E-state index contributed by atoms with van der Waals surface area (Å²) in [6.45, 7) is 3.93. The Bertz CT molecular complexity index is 764. The van der Waals surface area contributed by atoms with Crippen LogP contribution < -0.4 is 11.1 Å². The van der Waals surface area contributed by atoms with Crippen molar-refractivity contribution in [2.75, 3.05) is 32.8 Å². The van der Waals surface area contributed by atoms with Gasteiger partial charge in [-0.25, -0.2) is 4.98 Å². The SMILES string of the molecule is Cl.Cl.N[C@H]1CC[C@@H](C(=O)NCCc2cn3ccccc3n2)CN(C2CCOCC2)C1. The van der Waals surface area contributed by atoms with Crippen LogP contribution in [0.25, 0.3) is 5.65 Å². The highest BCUT2D eigenvalue weighted by molar-refractivity contribution is 5.85. The minimum atomic E-state index is 0. The minimum absolute atomic E-state index is 0. The number of hydrogen-bond acceptors (Lipinski definition) is 5. The molecule has 0 aliphatic carbocycles. The molecule has 0 radical (unpaired) electrons. The molecule has 0 bridgehead atoms. The van der Waals surface area contributed by atoms with E-state index in [2.05, 4.69) is 15.2 Å². The van der Waals surface area contributed by atoms with E-state index in [1.165, 1.54) is 0 Å². The highest BCUT2D eigenvalue weighted by Gasteiger charge is 2.31. The lowest BCUT2D eigenvalue weighted by molar-refractivity contribution is -0.125. The molecule has 3 N–H and O–H groups in total. The second kappa shape index (κ2) is 11.9. The van der Waals surface area contributed by atoms with Gasteiger partial charge in [0.1, 0.15) is 5.65 Å². The molecule has 168 valence electrons. The van der Waals surface area contributed by atoms with Crippen LogP contribution >= 0.6 is 24.8 Å². The molecule has 2 aliphatic rings. The van der Waals surface area contributed by atoms with E-state index >= 15 is 0 Å². The summed E-state index contributed by atoms with van der Waals surface area (Å²) >= 11 is 0. The third-order valence-corrected chi connectivity index (χ3v) is 5.98. The van der Waals surface area contributed by atoms with Gasteiger partial charge in [0.25, 0.3) is 0 Å². The van der Waals surface area contributed by atoms with Gasteiger partial charge in [-0.3, -0.25) is 9.69 Å². The molecule has 0 saturated carbocycles. The van der Waals surface area contributed by atoms with Crippen LogP contribution in [0.1, 0.15) is 31.4 Å². The van der Waals surface area contributed by atoms with E-state index in [1.807, 2.05) is 35.0 Å². The fourth-order valence-electron chi connectivity index (χ4n) is 4.38. The number of nitrogens with zero attached hydrogens (tertiary/aromatic N) is 3. The molecule has 0 spiro atoms. The van der Waals surface area contributed by atoms with Crippen LogP contribution in [0.4, 0.5) is 0 Å². The summed E-state index contributed by atoms with van der Waals surface area (Å²) in [4.78, 5) is 19.9. The van der Waals surface area contributed by atoms with Crippen molar-refractivity contribution >= 4 is 36.4 Å². The summed E-state index contributed by atoms with van der Waals surface area (Å²) in [5.74, 6) is 0.160. The van der Waals surface area contributed by atoms with E-state index in [0.29, 0.717) is 12.6 Å². The summed E-state index contributed by atoms with van der Waals surface area (Å²) < 4.78 is 7.50. The Kier molecular flexibility index (Phi) is 9.84. The van der Waals surface area contributed by atoms with Crippen molar-refractivity contribution in [3.05, 3.63) is 36.3 Å². The summed E-state index contributed by atoms with van der Waals surface area (Å²) in [5, 5.41) is 3.13. The lowest BCUT2D eigenvalue weighted by Crippen LogP contribution is -2.47. The number of halogens is 2. The zero-order valence-corrected chi connectivity index (χ0v) is 18.9. The van der Waals surface area contributed by atoms with E-state index < -0.39 is 0 Å². The molecule has 4 rings (SSSR count). The Hall–Kier alpha value is -1.38. The Labute approximate surface area is 190 Å². The van der Waals surface area contributed by atoms with Gasteiger partial charge in [0.05, 0.1) is 11.6 Å². The maximum absolute atomic E-state index is 12.8. The first-order chi connectivity index (χ1) is 13.7. The number of imidazole rings is 1. The molecule has 7 nitrogen and oxygen atoms in total. The van der Waals surface area contributed by atoms with Crippen molar-refractivity contribution in [2.24, 2.45) is 11.7 Å². The summed E-state index contributed by atoms with van der Waals surface area (Å²) in [6.07, 6.45) is 8.60. The van der Waals surface area contributed by atoms with Gasteiger partial charge < -0.3 is 20.2 Å². The number of hydrogen-bond donors (Lipinski definition) is 2. The fourth-order valence-corrected chi connectivity index (χ4v) is 4.38. The molecule has 2 fully saturated rings. The van der Waals surface area contributed by atoms with Crippen molar-refractivity contribution in [1.82, 2.24) is 19.6 Å². The fraction of sp³-hybridized carbons (Fsp3) is 0.619. The Morgan fingerprint density at radius 2 is 1.97 bits per heavy atom. The van der Waals surface area contributed by atoms with Gasteiger partial charge in [-0.1, -0.05) is 6.07 Å². The average Bonchev–Trinajstić information content (AvgIpc) is 3.02. The van der Waals surface area contributed by atoms with Crippen LogP contribution in [0.3, 0.4) is 0 Å². The molecular formula is C21H33Cl2N5O2. The molecule has 4 heterocycles. The van der Waals surface area contributed by atoms with Gasteiger partial charge in [0, 0.05) is 63.7 Å². The van der Waals surface area contributed by atoms with E-state index in [9.17, 15) is 4.79 Å². The second-order valence-corrected chi connectivity index (χ2v) is 8.07. The van der Waals surface area contributed by atoms with Crippen LogP contribution in [0.2, 0.25) is 0 Å². The number of pyridine rings is 1. The quantitative estimate of drug-likeness (QED) is 0.717. The third kappa shape index (κ3) is 6.31. The largest absolute Gasteiger partial charge is 0.381 e. The van der Waals surface area contributed by atoms with E-state index in [4.69, 9.17) is 10.5 Å². The van der Waals surface area contributed by atoms with Gasteiger partial charge in [-0.2, -0.15) is 0 Å². The Morgan fingerprint density at radius 1 is 1.17 bits per heavy atom. The molecule has 9 heteroatoms. The van der Waals surface area contributed by atoms with Gasteiger partial charge >= 0.3 is 0 Å². The number of ether oxygens (including phenoxy) is 1. The Morgan fingerprint density at radius 3 is 2.73 bits per heavy atom. The van der Waals surface area contributed by atoms with Gasteiger partial charge in [-0.15, -0.1) is 24.8 Å². The third-order valence-electron chi connectivity index (χ3n) is 5.98. The highest BCUT2D eigenvalue weighted by Crippen LogP contribution is 2.22. The van der Waals surface area contributed by atoms with E-state index in [1.54, 1.807) is 0 Å². The monoisotopic (exact) mass is 457 g/mol. The van der Waals surface area contributed by atoms with Crippen LogP contribution in [0.5, 0.6) is 0 Å². The van der Waals surface area contributed by atoms with Crippen LogP contribution in [-0.2, 0) is 16.0 Å². The lowest BCUT2D eigenvalue weighted by Gasteiger charge is -2.35. The van der Waals surface area contributed by atoms with Crippen molar-refractivity contribution in [1.29, 1.82) is 0 Å². The predicted octanol–water partition coefficient (Wildman–Crippen LogP) is 2.05.